The molecule has 1 heterocycles. The lowest BCUT2D eigenvalue weighted by Gasteiger charge is -2.27. The highest BCUT2D eigenvalue weighted by Crippen LogP contribution is 2.41. The quantitative estimate of drug-likeness (QED) is 0.729. The Hall–Kier alpha value is -2.80. The van der Waals surface area contributed by atoms with Crippen LogP contribution < -0.4 is 9.85 Å². The summed E-state index contributed by atoms with van der Waals surface area (Å²) >= 11 is 0. The zero-order chi connectivity index (χ0) is 21.4. The van der Waals surface area contributed by atoms with E-state index in [1.807, 2.05) is 36.4 Å². The smallest absolute Gasteiger partial charge is 0.437 e. The molecule has 0 bridgehead atoms. The van der Waals surface area contributed by atoms with Gasteiger partial charge in [0, 0.05) is 5.56 Å². The first-order valence-electron chi connectivity index (χ1n) is 9.73. The Bertz CT molecular complexity index is 924. The molecule has 2 amide bonds. The Labute approximate surface area is 173 Å². The molecule has 0 saturated carbocycles. The molecule has 1 aliphatic rings. The van der Waals surface area contributed by atoms with E-state index in [9.17, 15) is 9.59 Å². The highest BCUT2D eigenvalue weighted by Gasteiger charge is 2.54. The Morgan fingerprint density at radius 2 is 1.72 bits per heavy atom. The van der Waals surface area contributed by atoms with Crippen molar-refractivity contribution in [2.45, 2.75) is 51.8 Å². The number of amides is 2. The molecule has 0 radical (unpaired) electrons. The molecule has 1 unspecified atom stereocenters. The van der Waals surface area contributed by atoms with E-state index in [-0.39, 0.29) is 5.41 Å². The Morgan fingerprint density at radius 1 is 1.07 bits per heavy atom. The first-order chi connectivity index (χ1) is 13.5. The van der Waals surface area contributed by atoms with E-state index in [4.69, 9.17) is 9.16 Å². The number of nitrogens with one attached hydrogen (secondary N) is 1. The number of hydrogen-bond acceptors (Lipinski definition) is 5. The average Bonchev–Trinajstić information content (AvgIpc) is 2.85. The molecule has 2 aromatic carbocycles. The number of hydrogen-bond donors (Lipinski definition) is 1. The molecule has 1 fully saturated rings. The molecule has 2 aromatic rings. The van der Waals surface area contributed by atoms with E-state index in [1.165, 1.54) is 0 Å². The minimum absolute atomic E-state index is 0.0761. The van der Waals surface area contributed by atoms with Crippen LogP contribution in [0.25, 0.3) is 0 Å². The summed E-state index contributed by atoms with van der Waals surface area (Å²) in [7, 11) is -1.46. The van der Waals surface area contributed by atoms with Gasteiger partial charge in [-0.2, -0.15) is 0 Å². The van der Waals surface area contributed by atoms with Gasteiger partial charge in [-0.05, 0) is 49.2 Å². The van der Waals surface area contributed by atoms with E-state index in [1.54, 1.807) is 19.1 Å². The van der Waals surface area contributed by atoms with Crippen LogP contribution in [0, 0.1) is 0 Å². The van der Waals surface area contributed by atoms with Gasteiger partial charge < -0.3 is 9.16 Å². The normalized spacial score (nSPS) is 19.5. The van der Waals surface area contributed by atoms with E-state index in [0.717, 1.165) is 10.6 Å². The summed E-state index contributed by atoms with van der Waals surface area (Å²) in [4.78, 5) is 25.8. The van der Waals surface area contributed by atoms with Gasteiger partial charge in [0.05, 0.1) is 5.69 Å². The van der Waals surface area contributed by atoms with Gasteiger partial charge in [0.25, 0.3) is 5.91 Å². The number of imide groups is 1. The summed E-state index contributed by atoms with van der Waals surface area (Å²) in [6, 6.07) is 14.8. The van der Waals surface area contributed by atoms with Gasteiger partial charge in [-0.25, -0.2) is 4.79 Å². The van der Waals surface area contributed by atoms with E-state index in [0.29, 0.717) is 17.0 Å². The number of nitrogens with zero attached hydrogens (tertiary/aromatic N) is 1. The zero-order valence-electron chi connectivity index (χ0n) is 17.8. The van der Waals surface area contributed by atoms with Crippen LogP contribution in [0.1, 0.15) is 38.8 Å². The van der Waals surface area contributed by atoms with Crippen LogP contribution in [-0.4, -0.2) is 26.0 Å². The monoisotopic (exact) mass is 412 g/mol. The van der Waals surface area contributed by atoms with Gasteiger partial charge in [0.2, 0.25) is 14.6 Å². The van der Waals surface area contributed by atoms with Crippen LogP contribution in [0.5, 0.6) is 5.75 Å². The van der Waals surface area contributed by atoms with Crippen molar-refractivity contribution in [3.63, 3.8) is 0 Å². The summed E-state index contributed by atoms with van der Waals surface area (Å²) in [6.45, 7) is 12.1. The van der Waals surface area contributed by atoms with Gasteiger partial charge >= 0.3 is 6.09 Å². The number of carbonyl (C=O) groups excluding carboxylic acids is 2. The third-order valence-corrected chi connectivity index (χ3v) is 5.55. The standard InChI is InChI=1S/C22H28N2O4Si/c1-21(2,3)15-12-13-17(18(14-15)28-29(5)6)22(4)19(25)24(20(26)27-22)23-16-10-8-7-9-11-16/h7-14,23,29H,1-6H3. The van der Waals surface area contributed by atoms with Crippen molar-refractivity contribution >= 4 is 26.7 Å². The number of rotatable bonds is 5. The van der Waals surface area contributed by atoms with E-state index < -0.39 is 26.6 Å². The summed E-state index contributed by atoms with van der Waals surface area (Å²) in [5.41, 5.74) is 3.57. The zero-order valence-corrected chi connectivity index (χ0v) is 18.9. The number of para-hydroxylation sites is 1. The fourth-order valence-corrected chi connectivity index (χ4v) is 3.91. The molecule has 1 N–H and O–H groups in total. The number of anilines is 1. The van der Waals surface area contributed by atoms with Crippen LogP contribution in [-0.2, 0) is 20.5 Å². The molecular weight excluding hydrogens is 384 g/mol. The third kappa shape index (κ3) is 4.14. The van der Waals surface area contributed by atoms with E-state index in [2.05, 4.69) is 39.3 Å². The van der Waals surface area contributed by atoms with Gasteiger partial charge in [0.1, 0.15) is 5.75 Å². The second kappa shape index (κ2) is 7.55. The molecule has 29 heavy (non-hydrogen) atoms. The predicted octanol–water partition coefficient (Wildman–Crippen LogP) is 4.57. The van der Waals surface area contributed by atoms with Crippen molar-refractivity contribution < 1.29 is 18.8 Å². The first kappa shape index (κ1) is 20.9. The molecule has 0 spiro atoms. The highest BCUT2D eigenvalue weighted by atomic mass is 28.3. The van der Waals surface area contributed by atoms with E-state index >= 15 is 0 Å². The van der Waals surface area contributed by atoms with Gasteiger partial charge in [-0.1, -0.05) is 51.1 Å². The van der Waals surface area contributed by atoms with Crippen LogP contribution >= 0.6 is 0 Å². The average molecular weight is 413 g/mol. The summed E-state index contributed by atoms with van der Waals surface area (Å²) in [5.74, 6) is 0.120. The summed E-state index contributed by atoms with van der Waals surface area (Å²) in [6.07, 6.45) is -0.742. The molecule has 0 aliphatic carbocycles. The number of cyclic esters (lactones) is 1. The van der Waals surface area contributed by atoms with Gasteiger partial charge in [0.15, 0.2) is 0 Å². The fraction of sp³-hybridized carbons (Fsp3) is 0.364. The Balaban J connectivity index is 2.00. The maximum absolute atomic E-state index is 13.2. The Morgan fingerprint density at radius 3 is 2.31 bits per heavy atom. The topological polar surface area (TPSA) is 67.9 Å². The largest absolute Gasteiger partial charge is 0.547 e. The minimum atomic E-state index is -1.46. The van der Waals surface area contributed by atoms with Crippen molar-refractivity contribution in [1.82, 2.24) is 5.01 Å². The number of benzene rings is 2. The molecule has 1 saturated heterocycles. The maximum atomic E-state index is 13.2. The first-order valence-corrected chi connectivity index (χ1v) is 12.5. The van der Waals surface area contributed by atoms with Crippen LogP contribution in [0.3, 0.4) is 0 Å². The lowest BCUT2D eigenvalue weighted by Crippen LogP contribution is -2.40. The third-order valence-electron chi connectivity index (χ3n) is 4.82. The van der Waals surface area contributed by atoms with Crippen LogP contribution in [0.15, 0.2) is 48.5 Å². The molecule has 1 aliphatic heterocycles. The van der Waals surface area contributed by atoms with Crippen molar-refractivity contribution in [2.24, 2.45) is 0 Å². The molecule has 3 rings (SSSR count). The van der Waals surface area contributed by atoms with Crippen molar-refractivity contribution in [3.8, 4) is 5.75 Å². The predicted molar refractivity (Wildman–Crippen MR) is 115 cm³/mol. The van der Waals surface area contributed by atoms with Crippen LogP contribution in [0.2, 0.25) is 13.1 Å². The summed E-state index contributed by atoms with van der Waals surface area (Å²) in [5, 5.41) is 0.920. The van der Waals surface area contributed by atoms with Crippen molar-refractivity contribution in [2.75, 3.05) is 5.43 Å². The Kier molecular flexibility index (Phi) is 5.45. The summed E-state index contributed by atoms with van der Waals surface area (Å²) < 4.78 is 11.7. The molecular formula is C22H28N2O4Si. The molecule has 0 aromatic heterocycles. The molecule has 1 atom stereocenters. The number of carbonyl (C=O) groups is 2. The van der Waals surface area contributed by atoms with Gasteiger partial charge in [-0.15, -0.1) is 5.01 Å². The SMILES string of the molecule is C[SiH](C)Oc1cc(C(C)(C)C)ccc1C1(C)OC(=O)N(Nc2ccccc2)C1=O. The van der Waals surface area contributed by atoms with Crippen LogP contribution in [0.4, 0.5) is 10.5 Å². The van der Waals surface area contributed by atoms with Crippen molar-refractivity contribution in [1.29, 1.82) is 0 Å². The second-order valence-electron chi connectivity index (χ2n) is 8.65. The minimum Gasteiger partial charge on any atom is -0.547 e. The second-order valence-corrected chi connectivity index (χ2v) is 11.0. The lowest BCUT2D eigenvalue weighted by molar-refractivity contribution is -0.135. The molecule has 7 heteroatoms. The number of hydrazine groups is 1. The van der Waals surface area contributed by atoms with Crippen molar-refractivity contribution in [3.05, 3.63) is 59.7 Å². The number of ether oxygens (including phenoxy) is 1. The lowest BCUT2D eigenvalue weighted by atomic mass is 9.84. The van der Waals surface area contributed by atoms with Gasteiger partial charge in [-0.3, -0.25) is 10.2 Å². The maximum Gasteiger partial charge on any atom is 0.437 e. The molecule has 154 valence electrons. The molecule has 6 nitrogen and oxygen atoms in total. The highest BCUT2D eigenvalue weighted by molar-refractivity contribution is 6.49. The fourth-order valence-electron chi connectivity index (χ4n) is 3.20.